The molecule has 0 aliphatic carbocycles. The molecule has 0 atom stereocenters. The highest BCUT2D eigenvalue weighted by Gasteiger charge is 2.14. The predicted molar refractivity (Wildman–Crippen MR) is 78.1 cm³/mol. The molecule has 108 valence electrons. The number of carbonyl (C=O) groups is 2. The molecule has 0 radical (unpaired) electrons. The molecule has 0 saturated heterocycles. The minimum absolute atomic E-state index is 0.00510. The van der Waals surface area contributed by atoms with Crippen molar-refractivity contribution >= 4 is 46.0 Å². The zero-order chi connectivity index (χ0) is 15.4. The van der Waals surface area contributed by atoms with Crippen LogP contribution in [0.15, 0.2) is 30.5 Å². The fourth-order valence-electron chi connectivity index (χ4n) is 1.42. The number of nitrogens with zero attached hydrogens (tertiary/aromatic N) is 1. The van der Waals surface area contributed by atoms with E-state index in [1.54, 1.807) is 0 Å². The van der Waals surface area contributed by atoms with Crippen molar-refractivity contribution in [1.82, 2.24) is 4.98 Å². The maximum absolute atomic E-state index is 13.3. The minimum atomic E-state index is -1.08. The Bertz CT molecular complexity index is 730. The van der Waals surface area contributed by atoms with Gasteiger partial charge in [0.05, 0.1) is 10.6 Å². The molecule has 0 saturated carbocycles. The number of aliphatic carboxylic acids is 1. The molecular formula is C13H8ClFN2O3S. The molecule has 2 aromatic rings. The van der Waals surface area contributed by atoms with Crippen LogP contribution >= 0.6 is 22.9 Å². The van der Waals surface area contributed by atoms with Gasteiger partial charge in [0.1, 0.15) is 5.82 Å². The number of hydrogen-bond acceptors (Lipinski definition) is 4. The van der Waals surface area contributed by atoms with Gasteiger partial charge < -0.3 is 5.11 Å². The lowest BCUT2D eigenvalue weighted by Gasteiger charge is -2.04. The minimum Gasteiger partial charge on any atom is -0.478 e. The first-order valence-electron chi connectivity index (χ1n) is 5.59. The standard InChI is InChI=1S/C13H8ClFN2O3S/c14-11-8(2-1-3-9(11)15)12(20)17-13-16-6-7(21-13)4-5-10(18)19/h1-6H,(H,18,19)(H,16,17,20)/b5-4+. The summed E-state index contributed by atoms with van der Waals surface area (Å²) in [6.45, 7) is 0. The number of amides is 1. The number of carboxylic acid groups (broad SMARTS) is 1. The maximum atomic E-state index is 13.3. The Morgan fingerprint density at radius 1 is 1.43 bits per heavy atom. The van der Waals surface area contributed by atoms with Gasteiger partial charge in [-0.2, -0.15) is 0 Å². The Hall–Kier alpha value is -2.25. The molecule has 2 rings (SSSR count). The number of anilines is 1. The Kier molecular flexibility index (Phi) is 4.66. The van der Waals surface area contributed by atoms with E-state index in [0.29, 0.717) is 4.88 Å². The van der Waals surface area contributed by atoms with Crippen LogP contribution in [0.1, 0.15) is 15.2 Å². The molecule has 0 bridgehead atoms. The van der Waals surface area contributed by atoms with Crippen LogP contribution in [0.25, 0.3) is 6.08 Å². The number of thiazole rings is 1. The number of aromatic nitrogens is 1. The van der Waals surface area contributed by atoms with Crippen molar-refractivity contribution in [2.45, 2.75) is 0 Å². The van der Waals surface area contributed by atoms with E-state index in [9.17, 15) is 14.0 Å². The quantitative estimate of drug-likeness (QED) is 0.845. The first kappa shape index (κ1) is 15.1. The van der Waals surface area contributed by atoms with E-state index in [1.807, 2.05) is 0 Å². The lowest BCUT2D eigenvalue weighted by atomic mass is 10.2. The van der Waals surface area contributed by atoms with E-state index in [2.05, 4.69) is 10.3 Å². The van der Waals surface area contributed by atoms with E-state index < -0.39 is 17.7 Å². The molecule has 1 aromatic heterocycles. The van der Waals surface area contributed by atoms with E-state index in [-0.39, 0.29) is 15.7 Å². The van der Waals surface area contributed by atoms with Gasteiger partial charge in [0.2, 0.25) is 0 Å². The highest BCUT2D eigenvalue weighted by molar-refractivity contribution is 7.16. The largest absolute Gasteiger partial charge is 0.478 e. The number of halogens is 2. The van der Waals surface area contributed by atoms with Crippen molar-refractivity contribution < 1.29 is 19.1 Å². The summed E-state index contributed by atoms with van der Waals surface area (Å²) in [5.74, 6) is -2.36. The van der Waals surface area contributed by atoms with Crippen molar-refractivity contribution in [3.05, 3.63) is 51.8 Å². The summed E-state index contributed by atoms with van der Waals surface area (Å²) >= 11 is 6.79. The molecule has 0 fully saturated rings. The van der Waals surface area contributed by atoms with Crippen LogP contribution in [0.5, 0.6) is 0 Å². The average Bonchev–Trinajstić information content (AvgIpc) is 2.87. The molecular weight excluding hydrogens is 319 g/mol. The first-order chi connectivity index (χ1) is 9.97. The highest BCUT2D eigenvalue weighted by Crippen LogP contribution is 2.23. The topological polar surface area (TPSA) is 79.3 Å². The average molecular weight is 327 g/mol. The van der Waals surface area contributed by atoms with Crippen LogP contribution < -0.4 is 5.32 Å². The van der Waals surface area contributed by atoms with Gasteiger partial charge in [-0.1, -0.05) is 29.0 Å². The second-order valence-corrected chi connectivity index (χ2v) is 5.24. The van der Waals surface area contributed by atoms with Gasteiger partial charge in [-0.15, -0.1) is 0 Å². The molecule has 0 aliphatic rings. The number of benzene rings is 1. The zero-order valence-electron chi connectivity index (χ0n) is 10.3. The maximum Gasteiger partial charge on any atom is 0.328 e. The molecule has 1 heterocycles. The smallest absolute Gasteiger partial charge is 0.328 e. The predicted octanol–water partition coefficient (Wildman–Crippen LogP) is 3.29. The van der Waals surface area contributed by atoms with Gasteiger partial charge in [0, 0.05) is 17.2 Å². The summed E-state index contributed by atoms with van der Waals surface area (Å²) in [5.41, 5.74) is -0.00510. The Morgan fingerprint density at radius 2 is 2.19 bits per heavy atom. The number of rotatable bonds is 4. The normalized spacial score (nSPS) is 10.8. The first-order valence-corrected chi connectivity index (χ1v) is 6.79. The van der Waals surface area contributed by atoms with Gasteiger partial charge in [0.15, 0.2) is 5.13 Å². The van der Waals surface area contributed by atoms with Gasteiger partial charge in [-0.3, -0.25) is 10.1 Å². The van der Waals surface area contributed by atoms with Crippen molar-refractivity contribution in [3.8, 4) is 0 Å². The Labute approximate surface area is 127 Å². The van der Waals surface area contributed by atoms with E-state index in [4.69, 9.17) is 16.7 Å². The molecule has 5 nitrogen and oxygen atoms in total. The lowest BCUT2D eigenvalue weighted by molar-refractivity contribution is -0.131. The summed E-state index contributed by atoms with van der Waals surface area (Å²) < 4.78 is 13.3. The summed E-state index contributed by atoms with van der Waals surface area (Å²) in [7, 11) is 0. The summed E-state index contributed by atoms with van der Waals surface area (Å²) in [6.07, 6.45) is 3.72. The number of carbonyl (C=O) groups excluding carboxylic acids is 1. The molecule has 21 heavy (non-hydrogen) atoms. The van der Waals surface area contributed by atoms with Crippen molar-refractivity contribution in [1.29, 1.82) is 0 Å². The number of nitrogens with one attached hydrogen (secondary N) is 1. The summed E-state index contributed by atoms with van der Waals surface area (Å²) in [4.78, 5) is 26.8. The van der Waals surface area contributed by atoms with Crippen LogP contribution in [0.4, 0.5) is 9.52 Å². The van der Waals surface area contributed by atoms with Crippen LogP contribution in [0.2, 0.25) is 5.02 Å². The Balaban J connectivity index is 2.13. The van der Waals surface area contributed by atoms with Gasteiger partial charge in [-0.25, -0.2) is 14.2 Å². The molecule has 0 aliphatic heterocycles. The molecule has 1 aromatic carbocycles. The van der Waals surface area contributed by atoms with Gasteiger partial charge in [-0.05, 0) is 18.2 Å². The fourth-order valence-corrected chi connectivity index (χ4v) is 2.34. The van der Waals surface area contributed by atoms with Crippen LogP contribution in [0.3, 0.4) is 0 Å². The van der Waals surface area contributed by atoms with E-state index >= 15 is 0 Å². The molecule has 0 spiro atoms. The van der Waals surface area contributed by atoms with Crippen molar-refractivity contribution in [2.24, 2.45) is 0 Å². The highest BCUT2D eigenvalue weighted by atomic mass is 35.5. The third-order valence-electron chi connectivity index (χ3n) is 2.33. The van der Waals surface area contributed by atoms with Gasteiger partial charge in [0.25, 0.3) is 5.91 Å². The summed E-state index contributed by atoms with van der Waals surface area (Å²) in [5, 5.41) is 11.0. The third kappa shape index (κ3) is 3.87. The van der Waals surface area contributed by atoms with Crippen molar-refractivity contribution in [3.63, 3.8) is 0 Å². The second-order valence-electron chi connectivity index (χ2n) is 3.79. The van der Waals surface area contributed by atoms with Crippen LogP contribution in [0, 0.1) is 5.82 Å². The second kappa shape index (κ2) is 6.47. The van der Waals surface area contributed by atoms with E-state index in [1.165, 1.54) is 24.4 Å². The number of hydrogen-bond donors (Lipinski definition) is 2. The van der Waals surface area contributed by atoms with Crippen LogP contribution in [-0.2, 0) is 4.79 Å². The third-order valence-corrected chi connectivity index (χ3v) is 3.59. The Morgan fingerprint density at radius 3 is 2.90 bits per heavy atom. The number of carboxylic acids is 1. The van der Waals surface area contributed by atoms with E-state index in [0.717, 1.165) is 23.5 Å². The SMILES string of the molecule is O=C(O)/C=C/c1cnc(NC(=O)c2cccc(F)c2Cl)s1. The monoisotopic (exact) mass is 326 g/mol. The molecule has 1 amide bonds. The fraction of sp³-hybridized carbons (Fsp3) is 0. The molecule has 0 unspecified atom stereocenters. The summed E-state index contributed by atoms with van der Waals surface area (Å²) in [6, 6.07) is 3.91. The lowest BCUT2D eigenvalue weighted by Crippen LogP contribution is -2.12. The zero-order valence-corrected chi connectivity index (χ0v) is 11.9. The molecule has 8 heteroatoms. The molecule has 2 N–H and O–H groups in total. The van der Waals surface area contributed by atoms with Crippen molar-refractivity contribution in [2.75, 3.05) is 5.32 Å². The van der Waals surface area contributed by atoms with Crippen LogP contribution in [-0.4, -0.2) is 22.0 Å². The van der Waals surface area contributed by atoms with Gasteiger partial charge >= 0.3 is 5.97 Å².